The van der Waals surface area contributed by atoms with Crippen LogP contribution in [-0.4, -0.2) is 34.8 Å². The molecule has 84 valence electrons. The van der Waals surface area contributed by atoms with Crippen molar-refractivity contribution in [3.63, 3.8) is 0 Å². The fourth-order valence-electron chi connectivity index (χ4n) is 1.90. The lowest BCUT2D eigenvalue weighted by Crippen LogP contribution is -2.68. The van der Waals surface area contributed by atoms with Crippen molar-refractivity contribution in [3.8, 4) is 0 Å². The van der Waals surface area contributed by atoms with Crippen molar-refractivity contribution < 1.29 is 10.2 Å². The normalized spacial score (nSPS) is 39.4. The molecule has 0 aromatic heterocycles. The van der Waals surface area contributed by atoms with Crippen LogP contribution in [0.1, 0.15) is 27.7 Å². The molecule has 0 aliphatic carbocycles. The summed E-state index contributed by atoms with van der Waals surface area (Å²) in [5, 5.41) is 25.7. The Morgan fingerprint density at radius 2 is 1.07 bits per heavy atom. The van der Waals surface area contributed by atoms with Gasteiger partial charge in [-0.2, -0.15) is 0 Å². The first-order valence-electron chi connectivity index (χ1n) is 5.31. The van der Waals surface area contributed by atoms with Crippen molar-refractivity contribution in [2.24, 2.45) is 11.8 Å². The van der Waals surface area contributed by atoms with Gasteiger partial charge in [0.1, 0.15) is 12.5 Å². The molecular formula is C10H22N2O2. The number of hydrogen-bond acceptors (Lipinski definition) is 4. The van der Waals surface area contributed by atoms with Gasteiger partial charge in [-0.25, -0.2) is 0 Å². The molecule has 0 spiro atoms. The molecule has 1 aliphatic rings. The number of aliphatic hydroxyl groups is 2. The Hall–Kier alpha value is -0.160. The highest BCUT2D eigenvalue weighted by Gasteiger charge is 2.36. The average Bonchev–Trinajstić information content (AvgIpc) is 2.07. The monoisotopic (exact) mass is 202 g/mol. The van der Waals surface area contributed by atoms with E-state index in [-0.39, 0.29) is 12.1 Å². The molecule has 0 aromatic carbocycles. The fourth-order valence-corrected chi connectivity index (χ4v) is 1.90. The van der Waals surface area contributed by atoms with Crippen molar-refractivity contribution in [2.45, 2.75) is 52.2 Å². The van der Waals surface area contributed by atoms with E-state index in [0.29, 0.717) is 11.8 Å². The molecule has 1 fully saturated rings. The summed E-state index contributed by atoms with van der Waals surface area (Å²) >= 11 is 0. The van der Waals surface area contributed by atoms with Gasteiger partial charge in [0.15, 0.2) is 0 Å². The summed E-state index contributed by atoms with van der Waals surface area (Å²) in [4.78, 5) is 0. The zero-order chi connectivity index (χ0) is 10.9. The number of nitrogens with one attached hydrogen (secondary N) is 2. The van der Waals surface area contributed by atoms with Crippen LogP contribution in [0.25, 0.3) is 0 Å². The third-order valence-corrected chi connectivity index (χ3v) is 2.84. The highest BCUT2D eigenvalue weighted by Crippen LogP contribution is 2.16. The van der Waals surface area contributed by atoms with Gasteiger partial charge in [0.05, 0.1) is 12.1 Å². The van der Waals surface area contributed by atoms with Crippen LogP contribution < -0.4 is 10.6 Å². The van der Waals surface area contributed by atoms with E-state index in [1.54, 1.807) is 0 Å². The first kappa shape index (κ1) is 11.9. The van der Waals surface area contributed by atoms with Crippen molar-refractivity contribution in [3.05, 3.63) is 0 Å². The summed E-state index contributed by atoms with van der Waals surface area (Å²) in [6.07, 6.45) is -1.16. The summed E-state index contributed by atoms with van der Waals surface area (Å²) < 4.78 is 0. The van der Waals surface area contributed by atoms with E-state index in [2.05, 4.69) is 10.6 Å². The van der Waals surface area contributed by atoms with Crippen molar-refractivity contribution in [1.82, 2.24) is 10.6 Å². The van der Waals surface area contributed by atoms with E-state index in [9.17, 15) is 10.2 Å². The van der Waals surface area contributed by atoms with Gasteiger partial charge in [0.25, 0.3) is 0 Å². The van der Waals surface area contributed by atoms with Crippen LogP contribution in [-0.2, 0) is 0 Å². The molecule has 4 nitrogen and oxygen atoms in total. The maximum absolute atomic E-state index is 9.79. The van der Waals surface area contributed by atoms with Gasteiger partial charge in [0.2, 0.25) is 0 Å². The molecule has 2 unspecified atom stereocenters. The maximum atomic E-state index is 9.79. The van der Waals surface area contributed by atoms with E-state index in [1.807, 2.05) is 27.7 Å². The molecule has 0 amide bonds. The second-order valence-electron chi connectivity index (χ2n) is 4.76. The van der Waals surface area contributed by atoms with Crippen LogP contribution in [0.15, 0.2) is 0 Å². The Morgan fingerprint density at radius 1 is 0.786 bits per heavy atom. The highest BCUT2D eigenvalue weighted by atomic mass is 16.3. The van der Waals surface area contributed by atoms with E-state index in [0.717, 1.165) is 0 Å². The lowest BCUT2D eigenvalue weighted by molar-refractivity contribution is -0.0538. The molecule has 4 N–H and O–H groups in total. The minimum absolute atomic E-state index is 0.0833. The number of rotatable bonds is 2. The van der Waals surface area contributed by atoms with Crippen LogP contribution in [0.3, 0.4) is 0 Å². The van der Waals surface area contributed by atoms with Crippen LogP contribution in [0.5, 0.6) is 0 Å². The Kier molecular flexibility index (Phi) is 3.89. The van der Waals surface area contributed by atoms with Gasteiger partial charge in [0, 0.05) is 0 Å². The van der Waals surface area contributed by atoms with E-state index < -0.39 is 12.5 Å². The molecule has 0 saturated carbocycles. The van der Waals surface area contributed by atoms with E-state index in [1.165, 1.54) is 0 Å². The summed E-state index contributed by atoms with van der Waals surface area (Å²) in [5.74, 6) is 0.584. The molecule has 0 radical (unpaired) electrons. The molecule has 0 bridgehead atoms. The van der Waals surface area contributed by atoms with Gasteiger partial charge in [-0.15, -0.1) is 0 Å². The minimum Gasteiger partial charge on any atom is -0.377 e. The second-order valence-corrected chi connectivity index (χ2v) is 4.76. The second kappa shape index (κ2) is 4.57. The van der Waals surface area contributed by atoms with Gasteiger partial charge in [-0.05, 0) is 11.8 Å². The quantitative estimate of drug-likeness (QED) is 0.503. The molecular weight excluding hydrogens is 180 g/mol. The molecule has 1 saturated heterocycles. The largest absolute Gasteiger partial charge is 0.377 e. The third-order valence-electron chi connectivity index (χ3n) is 2.84. The lowest BCUT2D eigenvalue weighted by Gasteiger charge is -2.42. The molecule has 4 heteroatoms. The standard InChI is InChI=1S/C10H22N2O2/c1-5(2)7-9(13)12-8(6(3)4)10(14)11-7/h5-14H,1-4H3/t7-,8+,9?,10?. The van der Waals surface area contributed by atoms with Crippen molar-refractivity contribution in [2.75, 3.05) is 0 Å². The summed E-state index contributed by atoms with van der Waals surface area (Å²) in [7, 11) is 0. The zero-order valence-electron chi connectivity index (χ0n) is 9.36. The Bertz CT molecular complexity index is 165. The molecule has 14 heavy (non-hydrogen) atoms. The van der Waals surface area contributed by atoms with Crippen molar-refractivity contribution in [1.29, 1.82) is 0 Å². The van der Waals surface area contributed by atoms with E-state index in [4.69, 9.17) is 0 Å². The zero-order valence-corrected chi connectivity index (χ0v) is 9.36. The Morgan fingerprint density at radius 3 is 1.29 bits per heavy atom. The Balaban J connectivity index is 2.62. The summed E-state index contributed by atoms with van der Waals surface area (Å²) in [6, 6.07) is -0.167. The van der Waals surface area contributed by atoms with Crippen LogP contribution >= 0.6 is 0 Å². The molecule has 0 aromatic rings. The maximum Gasteiger partial charge on any atom is 0.121 e. The summed E-state index contributed by atoms with van der Waals surface area (Å²) in [6.45, 7) is 8.08. The molecule has 4 atom stereocenters. The van der Waals surface area contributed by atoms with Gasteiger partial charge in [-0.3, -0.25) is 10.6 Å². The average molecular weight is 202 g/mol. The topological polar surface area (TPSA) is 64.5 Å². The molecule has 1 heterocycles. The van der Waals surface area contributed by atoms with E-state index >= 15 is 0 Å². The first-order valence-corrected chi connectivity index (χ1v) is 5.31. The predicted molar refractivity (Wildman–Crippen MR) is 55.5 cm³/mol. The van der Waals surface area contributed by atoms with Gasteiger partial charge in [-0.1, -0.05) is 27.7 Å². The smallest absolute Gasteiger partial charge is 0.121 e. The highest BCUT2D eigenvalue weighted by molar-refractivity contribution is 4.91. The van der Waals surface area contributed by atoms with Crippen LogP contribution in [0.2, 0.25) is 0 Å². The predicted octanol–water partition coefficient (Wildman–Crippen LogP) is -0.135. The molecule has 1 rings (SSSR count). The first-order chi connectivity index (χ1) is 6.43. The number of piperazine rings is 1. The van der Waals surface area contributed by atoms with Gasteiger partial charge < -0.3 is 10.2 Å². The Labute approximate surface area is 85.7 Å². The van der Waals surface area contributed by atoms with Crippen molar-refractivity contribution >= 4 is 0 Å². The number of hydrogen-bond donors (Lipinski definition) is 4. The molecule has 1 aliphatic heterocycles. The fraction of sp³-hybridized carbons (Fsp3) is 1.00. The lowest BCUT2D eigenvalue weighted by atomic mass is 9.94. The number of aliphatic hydroxyl groups excluding tert-OH is 2. The van der Waals surface area contributed by atoms with Crippen LogP contribution in [0.4, 0.5) is 0 Å². The van der Waals surface area contributed by atoms with Gasteiger partial charge >= 0.3 is 0 Å². The van der Waals surface area contributed by atoms with Crippen LogP contribution in [0, 0.1) is 11.8 Å². The third kappa shape index (κ3) is 2.45. The SMILES string of the molecule is CC(C)[C@H]1NC(O)[C@H](C(C)C)NC1O. The summed E-state index contributed by atoms with van der Waals surface area (Å²) in [5.41, 5.74) is 0. The minimum atomic E-state index is -0.578.